The summed E-state index contributed by atoms with van der Waals surface area (Å²) in [5.41, 5.74) is 1.50. The number of Topliss-reactive ketones (excluding diaryl/α,β-unsaturated/α-hetero) is 1. The SMILES string of the molecule is O=C(CCc1ccc(F)cc1)C(=O)NCc1ccc(F)cc1. The number of rotatable bonds is 6. The molecule has 0 aliphatic carbocycles. The second-order valence-electron chi connectivity index (χ2n) is 4.86. The lowest BCUT2D eigenvalue weighted by molar-refractivity contribution is -0.138. The number of carbonyl (C=O) groups is 2. The summed E-state index contributed by atoms with van der Waals surface area (Å²) in [6, 6.07) is 11.5. The monoisotopic (exact) mass is 303 g/mol. The first-order valence-corrected chi connectivity index (χ1v) is 6.84. The van der Waals surface area contributed by atoms with E-state index in [1.165, 1.54) is 24.3 Å². The van der Waals surface area contributed by atoms with Gasteiger partial charge in [-0.05, 0) is 41.8 Å². The first-order chi connectivity index (χ1) is 10.5. The molecule has 1 N–H and O–H groups in total. The molecule has 0 fully saturated rings. The molecule has 0 atom stereocenters. The Hall–Kier alpha value is -2.56. The normalized spacial score (nSPS) is 10.3. The van der Waals surface area contributed by atoms with Gasteiger partial charge in [-0.1, -0.05) is 24.3 Å². The van der Waals surface area contributed by atoms with Crippen LogP contribution in [-0.4, -0.2) is 11.7 Å². The first kappa shape index (κ1) is 15.8. The highest BCUT2D eigenvalue weighted by Crippen LogP contribution is 2.06. The van der Waals surface area contributed by atoms with Crippen LogP contribution in [0, 0.1) is 11.6 Å². The van der Waals surface area contributed by atoms with Gasteiger partial charge in [-0.2, -0.15) is 0 Å². The fourth-order valence-electron chi connectivity index (χ4n) is 1.91. The number of nitrogens with one attached hydrogen (secondary N) is 1. The average molecular weight is 303 g/mol. The summed E-state index contributed by atoms with van der Waals surface area (Å²) in [6.07, 6.45) is 0.434. The summed E-state index contributed by atoms with van der Waals surface area (Å²) < 4.78 is 25.5. The Morgan fingerprint density at radius 3 is 1.86 bits per heavy atom. The van der Waals surface area contributed by atoms with Gasteiger partial charge in [0.1, 0.15) is 11.6 Å². The maximum Gasteiger partial charge on any atom is 0.287 e. The van der Waals surface area contributed by atoms with E-state index in [1.807, 2.05) is 0 Å². The number of hydrogen-bond donors (Lipinski definition) is 1. The van der Waals surface area contributed by atoms with E-state index in [2.05, 4.69) is 5.32 Å². The number of benzene rings is 2. The second-order valence-corrected chi connectivity index (χ2v) is 4.86. The fourth-order valence-corrected chi connectivity index (χ4v) is 1.91. The van der Waals surface area contributed by atoms with Crippen molar-refractivity contribution in [1.82, 2.24) is 5.32 Å². The summed E-state index contributed by atoms with van der Waals surface area (Å²) in [5, 5.41) is 2.49. The standard InChI is InChI=1S/C17H15F2NO2/c18-14-6-1-12(2-7-14)5-10-16(21)17(22)20-11-13-3-8-15(19)9-4-13/h1-4,6-9H,5,10-11H2,(H,20,22). The van der Waals surface area contributed by atoms with Crippen molar-refractivity contribution < 1.29 is 18.4 Å². The van der Waals surface area contributed by atoms with Crippen LogP contribution >= 0.6 is 0 Å². The Bertz CT molecular complexity index is 592. The maximum absolute atomic E-state index is 12.7. The Balaban J connectivity index is 1.78. The van der Waals surface area contributed by atoms with E-state index in [0.717, 1.165) is 5.56 Å². The molecule has 0 spiro atoms. The van der Waals surface area contributed by atoms with Gasteiger partial charge in [-0.15, -0.1) is 0 Å². The third-order valence-corrected chi connectivity index (χ3v) is 3.17. The molecule has 5 heteroatoms. The molecule has 114 valence electrons. The number of hydrogen-bond acceptors (Lipinski definition) is 2. The first-order valence-electron chi connectivity index (χ1n) is 6.84. The van der Waals surface area contributed by atoms with Crippen molar-refractivity contribution in [1.29, 1.82) is 0 Å². The largest absolute Gasteiger partial charge is 0.345 e. The molecule has 0 saturated carbocycles. The highest BCUT2D eigenvalue weighted by atomic mass is 19.1. The third kappa shape index (κ3) is 4.77. The zero-order chi connectivity index (χ0) is 15.9. The van der Waals surface area contributed by atoms with Crippen LogP contribution in [0.3, 0.4) is 0 Å². The number of halogens is 2. The van der Waals surface area contributed by atoms with Gasteiger partial charge in [0.25, 0.3) is 5.91 Å². The Kier molecular flexibility index (Phi) is 5.36. The molecule has 0 heterocycles. The van der Waals surface area contributed by atoms with Crippen LogP contribution in [0.25, 0.3) is 0 Å². The van der Waals surface area contributed by atoms with Crippen molar-refractivity contribution in [2.45, 2.75) is 19.4 Å². The van der Waals surface area contributed by atoms with Crippen molar-refractivity contribution in [3.05, 3.63) is 71.3 Å². The van der Waals surface area contributed by atoms with Crippen LogP contribution in [0.4, 0.5) is 8.78 Å². The van der Waals surface area contributed by atoms with Crippen LogP contribution in [0.2, 0.25) is 0 Å². The summed E-state index contributed by atoms with van der Waals surface area (Å²) in [7, 11) is 0. The van der Waals surface area contributed by atoms with E-state index < -0.39 is 11.7 Å². The molecular formula is C17H15F2NO2. The summed E-state index contributed by atoms with van der Waals surface area (Å²) in [4.78, 5) is 23.4. The fraction of sp³-hybridized carbons (Fsp3) is 0.176. The topological polar surface area (TPSA) is 46.2 Å². The molecule has 0 saturated heterocycles. The molecule has 0 aliphatic rings. The minimum Gasteiger partial charge on any atom is -0.345 e. The van der Waals surface area contributed by atoms with E-state index in [9.17, 15) is 18.4 Å². The van der Waals surface area contributed by atoms with Crippen LogP contribution in [0.15, 0.2) is 48.5 Å². The molecule has 2 rings (SSSR count). The quantitative estimate of drug-likeness (QED) is 0.834. The predicted molar refractivity (Wildman–Crippen MR) is 78.0 cm³/mol. The van der Waals surface area contributed by atoms with Crippen LogP contribution in [0.1, 0.15) is 17.5 Å². The second kappa shape index (κ2) is 7.45. The Morgan fingerprint density at radius 2 is 1.32 bits per heavy atom. The molecule has 1 amide bonds. The van der Waals surface area contributed by atoms with Crippen LogP contribution in [0.5, 0.6) is 0 Å². The van der Waals surface area contributed by atoms with Crippen molar-refractivity contribution in [3.63, 3.8) is 0 Å². The highest BCUT2D eigenvalue weighted by Gasteiger charge is 2.13. The van der Waals surface area contributed by atoms with E-state index in [1.54, 1.807) is 24.3 Å². The van der Waals surface area contributed by atoms with Gasteiger partial charge in [0.15, 0.2) is 0 Å². The number of ketones is 1. The highest BCUT2D eigenvalue weighted by molar-refractivity contribution is 6.36. The zero-order valence-electron chi connectivity index (χ0n) is 11.8. The molecule has 2 aromatic rings. The Labute approximate surface area is 127 Å². The summed E-state index contributed by atoms with van der Waals surface area (Å²) in [5.74, 6) is -1.91. The molecule has 0 radical (unpaired) electrons. The van der Waals surface area contributed by atoms with E-state index in [4.69, 9.17) is 0 Å². The van der Waals surface area contributed by atoms with Gasteiger partial charge < -0.3 is 5.32 Å². The van der Waals surface area contributed by atoms with E-state index >= 15 is 0 Å². The Morgan fingerprint density at radius 1 is 0.818 bits per heavy atom. The van der Waals surface area contributed by atoms with Crippen molar-refractivity contribution in [3.8, 4) is 0 Å². The van der Waals surface area contributed by atoms with Gasteiger partial charge in [-0.25, -0.2) is 8.78 Å². The molecule has 0 aliphatic heterocycles. The van der Waals surface area contributed by atoms with Gasteiger partial charge in [0.2, 0.25) is 5.78 Å². The van der Waals surface area contributed by atoms with E-state index in [-0.39, 0.29) is 24.6 Å². The van der Waals surface area contributed by atoms with Crippen molar-refractivity contribution in [2.24, 2.45) is 0 Å². The predicted octanol–water partition coefficient (Wildman–Crippen LogP) is 2.78. The minimum absolute atomic E-state index is 0.0564. The molecule has 0 aromatic heterocycles. The van der Waals surface area contributed by atoms with Crippen LogP contribution in [-0.2, 0) is 22.6 Å². The van der Waals surface area contributed by atoms with Gasteiger partial charge in [-0.3, -0.25) is 9.59 Å². The molecular weight excluding hydrogens is 288 g/mol. The molecule has 3 nitrogen and oxygen atoms in total. The van der Waals surface area contributed by atoms with Crippen molar-refractivity contribution >= 4 is 11.7 Å². The van der Waals surface area contributed by atoms with Gasteiger partial charge >= 0.3 is 0 Å². The lowest BCUT2D eigenvalue weighted by Crippen LogP contribution is -2.30. The third-order valence-electron chi connectivity index (χ3n) is 3.17. The smallest absolute Gasteiger partial charge is 0.287 e. The van der Waals surface area contributed by atoms with Crippen molar-refractivity contribution in [2.75, 3.05) is 0 Å². The average Bonchev–Trinajstić information content (AvgIpc) is 2.53. The summed E-state index contributed by atoms with van der Waals surface area (Å²) >= 11 is 0. The van der Waals surface area contributed by atoms with Gasteiger partial charge in [0.05, 0.1) is 0 Å². The van der Waals surface area contributed by atoms with Gasteiger partial charge in [0, 0.05) is 13.0 Å². The lowest BCUT2D eigenvalue weighted by atomic mass is 10.1. The van der Waals surface area contributed by atoms with E-state index in [0.29, 0.717) is 12.0 Å². The molecule has 0 bridgehead atoms. The summed E-state index contributed by atoms with van der Waals surface area (Å²) in [6.45, 7) is 0.168. The molecule has 22 heavy (non-hydrogen) atoms. The van der Waals surface area contributed by atoms with Crippen LogP contribution < -0.4 is 5.32 Å². The molecule has 0 unspecified atom stereocenters. The lowest BCUT2D eigenvalue weighted by Gasteiger charge is -2.05. The number of carbonyl (C=O) groups excluding carboxylic acids is 2. The minimum atomic E-state index is -0.675. The number of aryl methyl sites for hydroxylation is 1. The number of amides is 1. The maximum atomic E-state index is 12.7. The molecule has 2 aromatic carbocycles. The zero-order valence-corrected chi connectivity index (χ0v) is 11.8.